The molecule has 0 radical (unpaired) electrons. The van der Waals surface area contributed by atoms with E-state index in [0.29, 0.717) is 12.0 Å². The molecule has 1 aliphatic rings. The fourth-order valence-corrected chi connectivity index (χ4v) is 2.63. The van der Waals surface area contributed by atoms with Crippen LogP contribution in [-0.2, 0) is 6.54 Å². The molecule has 0 saturated carbocycles. The zero-order valence-corrected chi connectivity index (χ0v) is 11.8. The van der Waals surface area contributed by atoms with Crippen molar-refractivity contribution >= 4 is 6.01 Å². The molecule has 2 rings (SSSR count). The Balaban J connectivity index is 1.96. The highest BCUT2D eigenvalue weighted by Crippen LogP contribution is 2.28. The van der Waals surface area contributed by atoms with Crippen LogP contribution in [0.5, 0.6) is 0 Å². The van der Waals surface area contributed by atoms with E-state index in [1.807, 2.05) is 0 Å². The maximum absolute atomic E-state index is 5.63. The summed E-state index contributed by atoms with van der Waals surface area (Å²) in [6.45, 7) is 9.62. The van der Waals surface area contributed by atoms with E-state index in [4.69, 9.17) is 4.42 Å². The zero-order chi connectivity index (χ0) is 13.0. The minimum absolute atomic E-state index is 0.583. The number of hydrogen-bond acceptors (Lipinski definition) is 4. The predicted octanol–water partition coefficient (Wildman–Crippen LogP) is 2.80. The Morgan fingerprint density at radius 3 is 3.11 bits per heavy atom. The van der Waals surface area contributed by atoms with Crippen molar-refractivity contribution in [2.24, 2.45) is 5.92 Å². The third-order valence-corrected chi connectivity index (χ3v) is 3.59. The molecule has 0 spiro atoms. The van der Waals surface area contributed by atoms with E-state index in [2.05, 4.69) is 36.0 Å². The number of nitrogens with zero attached hydrogens (tertiary/aromatic N) is 2. The smallest absolute Gasteiger partial charge is 0.297 e. The summed E-state index contributed by atoms with van der Waals surface area (Å²) in [6, 6.07) is 1.39. The topological polar surface area (TPSA) is 41.3 Å². The maximum atomic E-state index is 5.63. The van der Waals surface area contributed by atoms with Crippen LogP contribution in [0.15, 0.2) is 10.7 Å². The third-order valence-electron chi connectivity index (χ3n) is 3.59. The SMILES string of the molecule is CCCNCc1coc(N2CCCC2C(C)C)n1. The average Bonchev–Trinajstić information content (AvgIpc) is 2.96. The van der Waals surface area contributed by atoms with Gasteiger partial charge in [0.1, 0.15) is 6.26 Å². The maximum Gasteiger partial charge on any atom is 0.297 e. The van der Waals surface area contributed by atoms with Gasteiger partial charge in [-0.25, -0.2) is 0 Å². The lowest BCUT2D eigenvalue weighted by Gasteiger charge is -2.25. The zero-order valence-electron chi connectivity index (χ0n) is 11.8. The summed E-state index contributed by atoms with van der Waals surface area (Å²) >= 11 is 0. The molecule has 1 atom stereocenters. The van der Waals surface area contributed by atoms with Gasteiger partial charge in [0.25, 0.3) is 6.01 Å². The van der Waals surface area contributed by atoms with Gasteiger partial charge in [-0.3, -0.25) is 0 Å². The standard InChI is InChI=1S/C14H25N3O/c1-4-7-15-9-12-10-18-14(16-12)17-8-5-6-13(17)11(2)3/h10-11,13,15H,4-9H2,1-3H3. The Hall–Kier alpha value is -1.03. The molecule has 0 aromatic carbocycles. The van der Waals surface area contributed by atoms with E-state index in [9.17, 15) is 0 Å². The molecule has 1 unspecified atom stereocenters. The molecule has 4 heteroatoms. The molecule has 1 N–H and O–H groups in total. The van der Waals surface area contributed by atoms with Gasteiger partial charge in [-0.1, -0.05) is 20.8 Å². The molecule has 2 heterocycles. The third kappa shape index (κ3) is 3.05. The van der Waals surface area contributed by atoms with Gasteiger partial charge in [-0.15, -0.1) is 0 Å². The van der Waals surface area contributed by atoms with E-state index < -0.39 is 0 Å². The van der Waals surface area contributed by atoms with Gasteiger partial charge >= 0.3 is 0 Å². The fourth-order valence-electron chi connectivity index (χ4n) is 2.63. The van der Waals surface area contributed by atoms with Gasteiger partial charge in [-0.05, 0) is 31.7 Å². The van der Waals surface area contributed by atoms with E-state index >= 15 is 0 Å². The van der Waals surface area contributed by atoms with Crippen molar-refractivity contribution in [1.82, 2.24) is 10.3 Å². The molecular weight excluding hydrogens is 226 g/mol. The van der Waals surface area contributed by atoms with Crippen molar-refractivity contribution in [2.45, 2.75) is 52.6 Å². The first-order valence-electron chi connectivity index (χ1n) is 7.14. The molecule has 1 aromatic heterocycles. The molecule has 18 heavy (non-hydrogen) atoms. The second-order valence-corrected chi connectivity index (χ2v) is 5.45. The second-order valence-electron chi connectivity index (χ2n) is 5.45. The molecule has 1 saturated heterocycles. The molecule has 1 fully saturated rings. The Bertz CT molecular complexity index is 362. The van der Waals surface area contributed by atoms with Crippen molar-refractivity contribution in [3.8, 4) is 0 Å². The molecule has 1 aromatic rings. The summed E-state index contributed by atoms with van der Waals surface area (Å²) < 4.78 is 5.63. The molecule has 0 amide bonds. The van der Waals surface area contributed by atoms with Crippen molar-refractivity contribution in [2.75, 3.05) is 18.0 Å². The summed E-state index contributed by atoms with van der Waals surface area (Å²) in [5.74, 6) is 0.654. The highest BCUT2D eigenvalue weighted by atomic mass is 16.4. The largest absolute Gasteiger partial charge is 0.432 e. The van der Waals surface area contributed by atoms with Crippen molar-refractivity contribution in [3.05, 3.63) is 12.0 Å². The quantitative estimate of drug-likeness (QED) is 0.789. The summed E-state index contributed by atoms with van der Waals surface area (Å²) in [5, 5.41) is 3.35. The van der Waals surface area contributed by atoms with Crippen LogP contribution in [0.3, 0.4) is 0 Å². The summed E-state index contributed by atoms with van der Waals surface area (Å²) in [7, 11) is 0. The van der Waals surface area contributed by atoms with Crippen LogP contribution in [0.4, 0.5) is 6.01 Å². The Morgan fingerprint density at radius 2 is 2.39 bits per heavy atom. The summed E-state index contributed by atoms with van der Waals surface area (Å²) in [6.07, 6.45) is 5.43. The predicted molar refractivity (Wildman–Crippen MR) is 73.7 cm³/mol. The lowest BCUT2D eigenvalue weighted by atomic mass is 10.0. The number of anilines is 1. The highest BCUT2D eigenvalue weighted by Gasteiger charge is 2.30. The Morgan fingerprint density at radius 1 is 1.56 bits per heavy atom. The molecule has 4 nitrogen and oxygen atoms in total. The minimum atomic E-state index is 0.583. The van der Waals surface area contributed by atoms with Crippen molar-refractivity contribution in [3.63, 3.8) is 0 Å². The van der Waals surface area contributed by atoms with Crippen molar-refractivity contribution < 1.29 is 4.42 Å². The van der Waals surface area contributed by atoms with E-state index in [1.54, 1.807) is 6.26 Å². The van der Waals surface area contributed by atoms with Crippen LogP contribution >= 0.6 is 0 Å². The highest BCUT2D eigenvalue weighted by molar-refractivity contribution is 5.31. The number of hydrogen-bond donors (Lipinski definition) is 1. The van der Waals surface area contributed by atoms with Crippen LogP contribution in [0.25, 0.3) is 0 Å². The Labute approximate surface area is 110 Å². The first-order chi connectivity index (χ1) is 8.72. The van der Waals surface area contributed by atoms with Gasteiger partial charge in [0, 0.05) is 19.1 Å². The van der Waals surface area contributed by atoms with E-state index in [1.165, 1.54) is 12.8 Å². The van der Waals surface area contributed by atoms with Gasteiger partial charge < -0.3 is 14.6 Å². The van der Waals surface area contributed by atoms with Gasteiger partial charge in [0.2, 0.25) is 0 Å². The average molecular weight is 251 g/mol. The number of rotatable bonds is 6. The second kappa shape index (κ2) is 6.23. The molecule has 0 aliphatic carbocycles. The van der Waals surface area contributed by atoms with Gasteiger partial charge in [-0.2, -0.15) is 4.98 Å². The first kappa shape index (κ1) is 13.4. The lowest BCUT2D eigenvalue weighted by Crippen LogP contribution is -2.33. The van der Waals surface area contributed by atoms with Crippen LogP contribution in [0, 0.1) is 5.92 Å². The van der Waals surface area contributed by atoms with Gasteiger partial charge in [0.15, 0.2) is 0 Å². The summed E-state index contributed by atoms with van der Waals surface area (Å²) in [4.78, 5) is 6.92. The minimum Gasteiger partial charge on any atom is -0.432 e. The fraction of sp³-hybridized carbons (Fsp3) is 0.786. The van der Waals surface area contributed by atoms with Gasteiger partial charge in [0.05, 0.1) is 5.69 Å². The summed E-state index contributed by atoms with van der Waals surface area (Å²) in [5.41, 5.74) is 1.01. The monoisotopic (exact) mass is 251 g/mol. The molecular formula is C14H25N3O. The van der Waals surface area contributed by atoms with E-state index in [-0.39, 0.29) is 0 Å². The number of oxazole rings is 1. The molecule has 0 bridgehead atoms. The normalized spacial score (nSPS) is 20.0. The van der Waals surface area contributed by atoms with Crippen LogP contribution in [0.1, 0.15) is 45.7 Å². The number of nitrogens with one attached hydrogen (secondary N) is 1. The van der Waals surface area contributed by atoms with Crippen LogP contribution in [-0.4, -0.2) is 24.1 Å². The van der Waals surface area contributed by atoms with Crippen molar-refractivity contribution in [1.29, 1.82) is 0 Å². The lowest BCUT2D eigenvalue weighted by molar-refractivity contribution is 0.453. The number of aromatic nitrogens is 1. The van der Waals surface area contributed by atoms with Crippen LogP contribution < -0.4 is 10.2 Å². The molecule has 1 aliphatic heterocycles. The Kier molecular flexibility index (Phi) is 4.64. The molecule has 102 valence electrons. The van der Waals surface area contributed by atoms with Crippen LogP contribution in [0.2, 0.25) is 0 Å². The van der Waals surface area contributed by atoms with E-state index in [0.717, 1.165) is 37.8 Å². The first-order valence-corrected chi connectivity index (χ1v) is 7.14.